The number of rotatable bonds is 3. The van der Waals surface area contributed by atoms with Crippen LogP contribution in [0.15, 0.2) is 17.1 Å². The summed E-state index contributed by atoms with van der Waals surface area (Å²) >= 11 is 0. The maximum absolute atomic E-state index is 11.2. The van der Waals surface area contributed by atoms with Gasteiger partial charge in [0.2, 0.25) is 0 Å². The van der Waals surface area contributed by atoms with Crippen molar-refractivity contribution in [3.63, 3.8) is 0 Å². The first kappa shape index (κ1) is 9.64. The van der Waals surface area contributed by atoms with Gasteiger partial charge in [0.15, 0.2) is 0 Å². The monoisotopic (exact) mass is 181 g/mol. The first-order valence-corrected chi connectivity index (χ1v) is 4.42. The standard InChI is InChI=1S/C9H15N3O/c1-3-12(4-2)7-5-6-11-9(13)8(7)10/h5-6H,3-4,10H2,1-2H3,(H,11,13). The second-order valence-corrected chi connectivity index (χ2v) is 2.78. The van der Waals surface area contributed by atoms with Gasteiger partial charge in [0, 0.05) is 19.3 Å². The Morgan fingerprint density at radius 2 is 2.08 bits per heavy atom. The van der Waals surface area contributed by atoms with Crippen LogP contribution in [0.25, 0.3) is 0 Å². The molecule has 0 saturated carbocycles. The number of aromatic amines is 1. The fourth-order valence-electron chi connectivity index (χ4n) is 1.32. The van der Waals surface area contributed by atoms with Crippen LogP contribution in [-0.2, 0) is 0 Å². The summed E-state index contributed by atoms with van der Waals surface area (Å²) in [6.07, 6.45) is 1.62. The number of anilines is 2. The molecule has 3 N–H and O–H groups in total. The van der Waals surface area contributed by atoms with Gasteiger partial charge in [0.25, 0.3) is 5.56 Å². The summed E-state index contributed by atoms with van der Waals surface area (Å²) in [5.41, 5.74) is 6.54. The van der Waals surface area contributed by atoms with Crippen molar-refractivity contribution in [2.24, 2.45) is 0 Å². The van der Waals surface area contributed by atoms with Gasteiger partial charge in [-0.1, -0.05) is 0 Å². The lowest BCUT2D eigenvalue weighted by molar-refractivity contribution is 0.865. The number of aromatic nitrogens is 1. The van der Waals surface area contributed by atoms with E-state index in [9.17, 15) is 4.79 Å². The van der Waals surface area contributed by atoms with Crippen LogP contribution < -0.4 is 16.2 Å². The summed E-state index contributed by atoms with van der Waals surface area (Å²) in [4.78, 5) is 15.8. The molecule has 4 nitrogen and oxygen atoms in total. The molecule has 0 fully saturated rings. The molecule has 0 bridgehead atoms. The molecule has 0 spiro atoms. The first-order chi connectivity index (χ1) is 6.20. The average Bonchev–Trinajstić information content (AvgIpc) is 2.14. The van der Waals surface area contributed by atoms with Gasteiger partial charge in [0.1, 0.15) is 5.69 Å². The highest BCUT2D eigenvalue weighted by atomic mass is 16.1. The molecule has 0 aliphatic heterocycles. The molecule has 0 aromatic carbocycles. The van der Waals surface area contributed by atoms with E-state index in [1.807, 2.05) is 24.8 Å². The number of nitrogens with two attached hydrogens (primary N) is 1. The van der Waals surface area contributed by atoms with Crippen LogP contribution >= 0.6 is 0 Å². The third kappa shape index (κ3) is 1.83. The predicted octanol–water partition coefficient (Wildman–Crippen LogP) is 0.803. The van der Waals surface area contributed by atoms with Crippen LogP contribution in [0.2, 0.25) is 0 Å². The van der Waals surface area contributed by atoms with E-state index >= 15 is 0 Å². The average molecular weight is 181 g/mol. The maximum atomic E-state index is 11.2. The molecule has 1 aromatic rings. The van der Waals surface area contributed by atoms with E-state index in [2.05, 4.69) is 4.98 Å². The van der Waals surface area contributed by atoms with Gasteiger partial charge < -0.3 is 15.6 Å². The van der Waals surface area contributed by atoms with Crippen LogP contribution in [0.4, 0.5) is 11.4 Å². The van der Waals surface area contributed by atoms with E-state index in [1.165, 1.54) is 0 Å². The maximum Gasteiger partial charge on any atom is 0.273 e. The first-order valence-electron chi connectivity index (χ1n) is 4.42. The third-order valence-electron chi connectivity index (χ3n) is 2.08. The highest BCUT2D eigenvalue weighted by Crippen LogP contribution is 2.17. The topological polar surface area (TPSA) is 62.1 Å². The molecule has 0 saturated heterocycles. The number of nitrogens with zero attached hydrogens (tertiary/aromatic N) is 1. The summed E-state index contributed by atoms with van der Waals surface area (Å²) in [5, 5.41) is 0. The van der Waals surface area contributed by atoms with Crippen molar-refractivity contribution in [1.29, 1.82) is 0 Å². The Bertz CT molecular complexity index is 328. The molecular formula is C9H15N3O. The highest BCUT2D eigenvalue weighted by Gasteiger charge is 2.07. The molecule has 0 amide bonds. The lowest BCUT2D eigenvalue weighted by Gasteiger charge is -2.21. The summed E-state index contributed by atoms with van der Waals surface area (Å²) < 4.78 is 0. The molecule has 1 aromatic heterocycles. The normalized spacial score (nSPS) is 10.0. The molecule has 1 heterocycles. The highest BCUT2D eigenvalue weighted by molar-refractivity contribution is 5.65. The number of hydrogen-bond acceptors (Lipinski definition) is 3. The van der Waals surface area contributed by atoms with Crippen molar-refractivity contribution in [3.05, 3.63) is 22.6 Å². The quantitative estimate of drug-likeness (QED) is 0.725. The molecule has 0 aliphatic carbocycles. The van der Waals surface area contributed by atoms with Crippen molar-refractivity contribution in [1.82, 2.24) is 4.98 Å². The van der Waals surface area contributed by atoms with E-state index in [4.69, 9.17) is 5.73 Å². The van der Waals surface area contributed by atoms with Gasteiger partial charge >= 0.3 is 0 Å². The SMILES string of the molecule is CCN(CC)c1cc[nH]c(=O)c1N. The van der Waals surface area contributed by atoms with Gasteiger partial charge in [-0.15, -0.1) is 0 Å². The van der Waals surface area contributed by atoms with Gasteiger partial charge in [-0.05, 0) is 19.9 Å². The van der Waals surface area contributed by atoms with E-state index in [1.54, 1.807) is 6.20 Å². The minimum atomic E-state index is -0.218. The van der Waals surface area contributed by atoms with Crippen LogP contribution in [0.3, 0.4) is 0 Å². The van der Waals surface area contributed by atoms with Crippen LogP contribution in [0, 0.1) is 0 Å². The van der Waals surface area contributed by atoms with Crippen molar-refractivity contribution in [3.8, 4) is 0 Å². The van der Waals surface area contributed by atoms with E-state index in [0.29, 0.717) is 5.69 Å². The number of hydrogen-bond donors (Lipinski definition) is 2. The smallest absolute Gasteiger partial charge is 0.273 e. The van der Waals surface area contributed by atoms with Crippen molar-refractivity contribution < 1.29 is 0 Å². The summed E-state index contributed by atoms with van der Waals surface area (Å²) in [5.74, 6) is 0. The molecule has 0 atom stereocenters. The Balaban J connectivity index is 3.13. The van der Waals surface area contributed by atoms with Crippen LogP contribution in [-0.4, -0.2) is 18.1 Å². The fourth-order valence-corrected chi connectivity index (χ4v) is 1.32. The van der Waals surface area contributed by atoms with Crippen molar-refractivity contribution in [2.45, 2.75) is 13.8 Å². The molecule has 0 unspecified atom stereocenters. The van der Waals surface area contributed by atoms with Crippen molar-refractivity contribution >= 4 is 11.4 Å². The predicted molar refractivity (Wildman–Crippen MR) is 55.0 cm³/mol. The minimum Gasteiger partial charge on any atom is -0.393 e. The van der Waals surface area contributed by atoms with Gasteiger partial charge in [-0.2, -0.15) is 0 Å². The second-order valence-electron chi connectivity index (χ2n) is 2.78. The fraction of sp³-hybridized carbons (Fsp3) is 0.444. The number of pyridine rings is 1. The van der Waals surface area contributed by atoms with Gasteiger partial charge in [-0.3, -0.25) is 4.79 Å². The number of nitrogens with one attached hydrogen (secondary N) is 1. The lowest BCUT2D eigenvalue weighted by Crippen LogP contribution is -2.25. The van der Waals surface area contributed by atoms with Gasteiger partial charge in [-0.25, -0.2) is 0 Å². The van der Waals surface area contributed by atoms with Crippen LogP contribution in [0.5, 0.6) is 0 Å². The van der Waals surface area contributed by atoms with Crippen LogP contribution in [0.1, 0.15) is 13.8 Å². The van der Waals surface area contributed by atoms with E-state index < -0.39 is 0 Å². The Kier molecular flexibility index (Phi) is 2.95. The Hall–Kier alpha value is -1.45. The van der Waals surface area contributed by atoms with E-state index in [-0.39, 0.29) is 5.56 Å². The summed E-state index contributed by atoms with van der Waals surface area (Å²) in [6.45, 7) is 5.77. The van der Waals surface area contributed by atoms with Gasteiger partial charge in [0.05, 0.1) is 5.69 Å². The molecule has 13 heavy (non-hydrogen) atoms. The molecule has 0 radical (unpaired) electrons. The minimum absolute atomic E-state index is 0.218. The third-order valence-corrected chi connectivity index (χ3v) is 2.08. The Labute approximate surface area is 77.4 Å². The Morgan fingerprint density at radius 1 is 1.46 bits per heavy atom. The molecule has 0 aliphatic rings. The lowest BCUT2D eigenvalue weighted by atomic mass is 10.3. The summed E-state index contributed by atoms with van der Waals surface area (Å²) in [6, 6.07) is 1.82. The summed E-state index contributed by atoms with van der Waals surface area (Å²) in [7, 11) is 0. The largest absolute Gasteiger partial charge is 0.393 e. The Morgan fingerprint density at radius 3 is 2.62 bits per heavy atom. The second kappa shape index (κ2) is 3.98. The zero-order valence-corrected chi connectivity index (χ0v) is 8.00. The van der Waals surface area contributed by atoms with Crippen molar-refractivity contribution in [2.75, 3.05) is 23.7 Å². The number of nitrogen functional groups attached to an aromatic ring is 1. The molecule has 1 rings (SSSR count). The zero-order chi connectivity index (χ0) is 9.84. The molecule has 72 valence electrons. The number of H-pyrrole nitrogens is 1. The molecular weight excluding hydrogens is 166 g/mol. The molecule has 4 heteroatoms. The zero-order valence-electron chi connectivity index (χ0n) is 8.00. The van der Waals surface area contributed by atoms with E-state index in [0.717, 1.165) is 18.8 Å².